The van der Waals surface area contributed by atoms with Crippen molar-refractivity contribution in [3.63, 3.8) is 0 Å². The van der Waals surface area contributed by atoms with Gasteiger partial charge in [0.2, 0.25) is 0 Å². The number of rotatable bonds is 4. The third-order valence-electron chi connectivity index (χ3n) is 5.25. The highest BCUT2D eigenvalue weighted by atomic mass is 15.3. The Morgan fingerprint density at radius 2 is 1.68 bits per heavy atom. The Balaban J connectivity index is 1.99. The SMILES string of the molecule is CCCN1CCC(CN)(N2CC(C)CC(C)C2)CC1. The van der Waals surface area contributed by atoms with E-state index in [0.29, 0.717) is 5.54 Å². The molecule has 0 aromatic rings. The summed E-state index contributed by atoms with van der Waals surface area (Å²) >= 11 is 0. The van der Waals surface area contributed by atoms with Crippen molar-refractivity contribution < 1.29 is 0 Å². The van der Waals surface area contributed by atoms with Crippen LogP contribution in [0.5, 0.6) is 0 Å². The van der Waals surface area contributed by atoms with Gasteiger partial charge in [0.25, 0.3) is 0 Å². The molecule has 2 unspecified atom stereocenters. The van der Waals surface area contributed by atoms with Gasteiger partial charge in [0.05, 0.1) is 0 Å². The van der Waals surface area contributed by atoms with Crippen LogP contribution in [0.2, 0.25) is 0 Å². The molecule has 2 saturated heterocycles. The maximum absolute atomic E-state index is 6.22. The number of nitrogens with two attached hydrogens (primary N) is 1. The molecule has 2 aliphatic rings. The van der Waals surface area contributed by atoms with Crippen molar-refractivity contribution in [1.29, 1.82) is 0 Å². The fourth-order valence-corrected chi connectivity index (χ4v) is 4.21. The van der Waals surface area contributed by atoms with Crippen LogP contribution in [0.3, 0.4) is 0 Å². The molecule has 0 bridgehead atoms. The lowest BCUT2D eigenvalue weighted by molar-refractivity contribution is -0.0130. The zero-order valence-corrected chi connectivity index (χ0v) is 13.2. The summed E-state index contributed by atoms with van der Waals surface area (Å²) < 4.78 is 0. The van der Waals surface area contributed by atoms with Crippen LogP contribution in [0.1, 0.15) is 46.5 Å². The second-order valence-corrected chi connectivity index (χ2v) is 7.12. The predicted molar refractivity (Wildman–Crippen MR) is 82.3 cm³/mol. The Morgan fingerprint density at radius 1 is 1.11 bits per heavy atom. The topological polar surface area (TPSA) is 32.5 Å². The molecule has 2 atom stereocenters. The van der Waals surface area contributed by atoms with E-state index < -0.39 is 0 Å². The van der Waals surface area contributed by atoms with Crippen molar-refractivity contribution in [2.45, 2.75) is 52.0 Å². The zero-order chi connectivity index (χ0) is 13.9. The molecule has 19 heavy (non-hydrogen) atoms. The predicted octanol–water partition coefficient (Wildman–Crippen LogP) is 2.17. The number of piperidine rings is 2. The van der Waals surface area contributed by atoms with Crippen LogP contribution in [0, 0.1) is 11.8 Å². The third-order valence-corrected chi connectivity index (χ3v) is 5.25. The number of hydrogen-bond donors (Lipinski definition) is 1. The average Bonchev–Trinajstić information content (AvgIpc) is 2.39. The number of likely N-dealkylation sites (tertiary alicyclic amines) is 2. The van der Waals surface area contributed by atoms with Crippen molar-refractivity contribution in [2.24, 2.45) is 17.6 Å². The van der Waals surface area contributed by atoms with Crippen molar-refractivity contribution in [2.75, 3.05) is 39.3 Å². The van der Waals surface area contributed by atoms with Gasteiger partial charge in [-0.15, -0.1) is 0 Å². The molecule has 2 rings (SSSR count). The largest absolute Gasteiger partial charge is 0.329 e. The number of hydrogen-bond acceptors (Lipinski definition) is 3. The van der Waals surface area contributed by atoms with Gasteiger partial charge in [-0.2, -0.15) is 0 Å². The molecule has 2 fully saturated rings. The molecule has 0 aromatic carbocycles. The summed E-state index contributed by atoms with van der Waals surface area (Å²) in [6.07, 6.45) is 5.19. The van der Waals surface area contributed by atoms with Gasteiger partial charge in [0, 0.05) is 25.2 Å². The van der Waals surface area contributed by atoms with Crippen molar-refractivity contribution >= 4 is 0 Å². The maximum atomic E-state index is 6.22. The van der Waals surface area contributed by atoms with Crippen LogP contribution in [0.25, 0.3) is 0 Å². The monoisotopic (exact) mass is 267 g/mol. The molecule has 0 aliphatic carbocycles. The van der Waals surface area contributed by atoms with Crippen molar-refractivity contribution in [1.82, 2.24) is 9.80 Å². The molecular weight excluding hydrogens is 234 g/mol. The van der Waals surface area contributed by atoms with Crippen LogP contribution >= 0.6 is 0 Å². The fourth-order valence-electron chi connectivity index (χ4n) is 4.21. The molecule has 112 valence electrons. The van der Waals surface area contributed by atoms with E-state index >= 15 is 0 Å². The summed E-state index contributed by atoms with van der Waals surface area (Å²) in [5, 5.41) is 0. The van der Waals surface area contributed by atoms with E-state index in [1.807, 2.05) is 0 Å². The quantitative estimate of drug-likeness (QED) is 0.847. The Kier molecular flexibility index (Phi) is 5.27. The van der Waals surface area contributed by atoms with E-state index in [0.717, 1.165) is 18.4 Å². The second-order valence-electron chi connectivity index (χ2n) is 7.12. The van der Waals surface area contributed by atoms with E-state index in [-0.39, 0.29) is 0 Å². The lowest BCUT2D eigenvalue weighted by Gasteiger charge is -2.52. The number of nitrogens with zero attached hydrogens (tertiary/aromatic N) is 2. The molecule has 0 spiro atoms. The highest BCUT2D eigenvalue weighted by Gasteiger charge is 2.41. The molecule has 3 heteroatoms. The van der Waals surface area contributed by atoms with Gasteiger partial charge in [0.1, 0.15) is 0 Å². The fraction of sp³-hybridized carbons (Fsp3) is 1.00. The van der Waals surface area contributed by atoms with Crippen LogP contribution in [-0.4, -0.2) is 54.6 Å². The van der Waals surface area contributed by atoms with Crippen molar-refractivity contribution in [3.8, 4) is 0 Å². The normalized spacial score (nSPS) is 33.5. The smallest absolute Gasteiger partial charge is 0.0356 e. The second kappa shape index (κ2) is 6.55. The molecular formula is C16H33N3. The average molecular weight is 267 g/mol. The first kappa shape index (κ1) is 15.3. The standard InChI is InChI=1S/C16H33N3/c1-4-7-18-8-5-16(13-17,6-9-18)19-11-14(2)10-15(3)12-19/h14-15H,4-13,17H2,1-3H3. The summed E-state index contributed by atoms with van der Waals surface area (Å²) in [6.45, 7) is 14.2. The van der Waals surface area contributed by atoms with Crippen LogP contribution in [0.4, 0.5) is 0 Å². The highest BCUT2D eigenvalue weighted by molar-refractivity contribution is 4.98. The summed E-state index contributed by atoms with van der Waals surface area (Å²) in [5.41, 5.74) is 6.52. The maximum Gasteiger partial charge on any atom is 0.0356 e. The molecule has 2 heterocycles. The Bertz CT molecular complexity index is 261. The molecule has 0 aromatic heterocycles. The van der Waals surface area contributed by atoms with E-state index in [1.54, 1.807) is 0 Å². The van der Waals surface area contributed by atoms with Gasteiger partial charge < -0.3 is 10.6 Å². The minimum Gasteiger partial charge on any atom is -0.329 e. The lowest BCUT2D eigenvalue weighted by Crippen LogP contribution is -2.62. The lowest BCUT2D eigenvalue weighted by atomic mass is 9.81. The molecule has 2 N–H and O–H groups in total. The van der Waals surface area contributed by atoms with Crippen LogP contribution in [0.15, 0.2) is 0 Å². The van der Waals surface area contributed by atoms with Crippen LogP contribution < -0.4 is 5.73 Å². The van der Waals surface area contributed by atoms with Gasteiger partial charge >= 0.3 is 0 Å². The molecule has 0 radical (unpaired) electrons. The van der Waals surface area contributed by atoms with E-state index in [4.69, 9.17) is 5.73 Å². The van der Waals surface area contributed by atoms with Gasteiger partial charge in [0.15, 0.2) is 0 Å². The molecule has 3 nitrogen and oxygen atoms in total. The van der Waals surface area contributed by atoms with Gasteiger partial charge in [-0.1, -0.05) is 20.8 Å². The third kappa shape index (κ3) is 3.50. The first-order chi connectivity index (χ1) is 9.09. The summed E-state index contributed by atoms with van der Waals surface area (Å²) in [6, 6.07) is 0. The van der Waals surface area contributed by atoms with E-state index in [9.17, 15) is 0 Å². The highest BCUT2D eigenvalue weighted by Crippen LogP contribution is 2.33. The summed E-state index contributed by atoms with van der Waals surface area (Å²) in [5.74, 6) is 1.67. The minimum atomic E-state index is 0.299. The van der Waals surface area contributed by atoms with Gasteiger partial charge in [-0.25, -0.2) is 0 Å². The van der Waals surface area contributed by atoms with Crippen molar-refractivity contribution in [3.05, 3.63) is 0 Å². The summed E-state index contributed by atoms with van der Waals surface area (Å²) in [4.78, 5) is 5.36. The van der Waals surface area contributed by atoms with E-state index in [2.05, 4.69) is 30.6 Å². The molecule has 2 aliphatic heterocycles. The first-order valence-electron chi connectivity index (χ1n) is 8.27. The van der Waals surface area contributed by atoms with Crippen LogP contribution in [-0.2, 0) is 0 Å². The zero-order valence-electron chi connectivity index (χ0n) is 13.2. The molecule has 0 amide bonds. The van der Waals surface area contributed by atoms with Gasteiger partial charge in [-0.05, 0) is 57.2 Å². The Labute approximate surface area is 119 Å². The minimum absolute atomic E-state index is 0.299. The van der Waals surface area contributed by atoms with E-state index in [1.165, 1.54) is 58.4 Å². The van der Waals surface area contributed by atoms with Gasteiger partial charge in [-0.3, -0.25) is 4.90 Å². The first-order valence-corrected chi connectivity index (χ1v) is 8.27. The summed E-state index contributed by atoms with van der Waals surface area (Å²) in [7, 11) is 0. The molecule has 0 saturated carbocycles. The Morgan fingerprint density at radius 3 is 2.16 bits per heavy atom. The Hall–Kier alpha value is -0.120.